The van der Waals surface area contributed by atoms with E-state index in [-0.39, 0.29) is 0 Å². The molecule has 2 nitrogen and oxygen atoms in total. The molecule has 0 fully saturated rings. The van der Waals surface area contributed by atoms with E-state index in [0.717, 1.165) is 17.7 Å². The minimum absolute atomic E-state index is 1.01. The van der Waals surface area contributed by atoms with Crippen molar-refractivity contribution in [2.24, 2.45) is 5.10 Å². The lowest BCUT2D eigenvalue weighted by Crippen LogP contribution is -2.08. The van der Waals surface area contributed by atoms with E-state index in [1.165, 1.54) is 0 Å². The summed E-state index contributed by atoms with van der Waals surface area (Å²) in [4.78, 5) is 0. The molecule has 0 atom stereocenters. The molecular formula is C16H20N2. The second-order valence-corrected chi connectivity index (χ2v) is 3.82. The molecule has 0 N–H and O–H groups in total. The third-order valence-corrected chi connectivity index (χ3v) is 2.37. The van der Waals surface area contributed by atoms with Crippen LogP contribution in [0.25, 0.3) is 0 Å². The van der Waals surface area contributed by atoms with Crippen molar-refractivity contribution in [2.75, 3.05) is 12.1 Å². The zero-order valence-corrected chi connectivity index (χ0v) is 11.1. The molecule has 2 heteroatoms. The van der Waals surface area contributed by atoms with Gasteiger partial charge in [0.1, 0.15) is 0 Å². The summed E-state index contributed by atoms with van der Waals surface area (Å²) in [6.07, 6.45) is 10.7. The van der Waals surface area contributed by atoms with Gasteiger partial charge in [-0.1, -0.05) is 56.0 Å². The summed E-state index contributed by atoms with van der Waals surface area (Å²) >= 11 is 0. The van der Waals surface area contributed by atoms with Gasteiger partial charge >= 0.3 is 0 Å². The van der Waals surface area contributed by atoms with Crippen LogP contribution in [0, 0.1) is 0 Å². The molecule has 0 heterocycles. The third-order valence-electron chi connectivity index (χ3n) is 2.37. The maximum Gasteiger partial charge on any atom is 0.0590 e. The van der Waals surface area contributed by atoms with E-state index < -0.39 is 0 Å². The predicted molar refractivity (Wildman–Crippen MR) is 81.0 cm³/mol. The van der Waals surface area contributed by atoms with Gasteiger partial charge in [-0.2, -0.15) is 5.10 Å². The van der Waals surface area contributed by atoms with E-state index in [1.54, 1.807) is 6.08 Å². The van der Waals surface area contributed by atoms with Crippen LogP contribution in [0.1, 0.15) is 13.3 Å². The van der Waals surface area contributed by atoms with E-state index in [1.807, 2.05) is 60.8 Å². The lowest BCUT2D eigenvalue weighted by atomic mass is 10.2. The van der Waals surface area contributed by atoms with Crippen molar-refractivity contribution in [3.05, 3.63) is 66.8 Å². The number of rotatable bonds is 6. The number of hydrogen-bond acceptors (Lipinski definition) is 2. The monoisotopic (exact) mass is 240 g/mol. The maximum atomic E-state index is 4.41. The lowest BCUT2D eigenvalue weighted by Gasteiger charge is -2.12. The summed E-state index contributed by atoms with van der Waals surface area (Å²) in [5.74, 6) is 0. The molecule has 0 saturated heterocycles. The predicted octanol–water partition coefficient (Wildman–Crippen LogP) is 4.19. The lowest BCUT2D eigenvalue weighted by molar-refractivity contribution is 1.02. The standard InChI is InChI=1S/C16H20N2/c1-4-6-11-15(10-5-2)14-17-18(3)16-12-8-7-9-13-16/h5-14H,2,4H2,1,3H3/b11-6-,15-10+,17-14?. The quantitative estimate of drug-likeness (QED) is 0.413. The number of hydrazone groups is 1. The highest BCUT2D eigenvalue weighted by molar-refractivity contribution is 5.83. The fourth-order valence-electron chi connectivity index (χ4n) is 1.40. The molecule has 1 aromatic carbocycles. The summed E-state index contributed by atoms with van der Waals surface area (Å²) in [5, 5.41) is 6.25. The molecule has 1 rings (SSSR count). The van der Waals surface area contributed by atoms with E-state index in [2.05, 4.69) is 24.7 Å². The molecule has 0 radical (unpaired) electrons. The van der Waals surface area contributed by atoms with Crippen LogP contribution >= 0.6 is 0 Å². The fourth-order valence-corrected chi connectivity index (χ4v) is 1.40. The average molecular weight is 240 g/mol. The zero-order valence-electron chi connectivity index (χ0n) is 11.1. The Kier molecular flexibility index (Phi) is 6.26. The van der Waals surface area contributed by atoms with Gasteiger partial charge in [0.05, 0.1) is 11.9 Å². The number of hydrogen-bond donors (Lipinski definition) is 0. The molecule has 0 aliphatic rings. The highest BCUT2D eigenvalue weighted by atomic mass is 15.4. The molecule has 18 heavy (non-hydrogen) atoms. The molecular weight excluding hydrogens is 220 g/mol. The van der Waals surface area contributed by atoms with Crippen LogP contribution in [0.15, 0.2) is 71.9 Å². The Hall–Kier alpha value is -2.09. The molecule has 94 valence electrons. The fraction of sp³-hybridized carbons (Fsp3) is 0.188. The van der Waals surface area contributed by atoms with Crippen LogP contribution in [0.3, 0.4) is 0 Å². The third kappa shape index (κ3) is 4.83. The first-order chi connectivity index (χ1) is 8.77. The van der Waals surface area contributed by atoms with Crippen molar-refractivity contribution in [3.63, 3.8) is 0 Å². The summed E-state index contributed by atoms with van der Waals surface area (Å²) in [6.45, 7) is 5.81. The minimum atomic E-state index is 1.01. The summed E-state index contributed by atoms with van der Waals surface area (Å²) in [7, 11) is 1.93. The second kappa shape index (κ2) is 8.07. The number of nitrogens with zero attached hydrogens (tertiary/aromatic N) is 2. The highest BCUT2D eigenvalue weighted by Gasteiger charge is 1.95. The van der Waals surface area contributed by atoms with Crippen molar-refractivity contribution in [1.82, 2.24) is 0 Å². The van der Waals surface area contributed by atoms with Gasteiger partial charge < -0.3 is 0 Å². The molecule has 0 unspecified atom stereocenters. The van der Waals surface area contributed by atoms with Gasteiger partial charge in [-0.05, 0) is 24.1 Å². The summed E-state index contributed by atoms with van der Waals surface area (Å²) in [5.41, 5.74) is 2.10. The largest absolute Gasteiger partial charge is 0.269 e. The van der Waals surface area contributed by atoms with Gasteiger partial charge in [0.25, 0.3) is 0 Å². The van der Waals surface area contributed by atoms with E-state index in [9.17, 15) is 0 Å². The topological polar surface area (TPSA) is 15.6 Å². The van der Waals surface area contributed by atoms with Gasteiger partial charge in [-0.15, -0.1) is 0 Å². The summed E-state index contributed by atoms with van der Waals surface area (Å²) < 4.78 is 0. The number of allylic oxidation sites excluding steroid dienone is 5. The normalized spacial score (nSPS) is 12.2. The maximum absolute atomic E-state index is 4.41. The van der Waals surface area contributed by atoms with Gasteiger partial charge in [0.2, 0.25) is 0 Å². The first-order valence-electron chi connectivity index (χ1n) is 6.10. The molecule has 0 aromatic heterocycles. The Balaban J connectivity index is 2.75. The van der Waals surface area contributed by atoms with Crippen molar-refractivity contribution < 1.29 is 0 Å². The molecule has 0 saturated carbocycles. The Labute approximate surface area is 110 Å². The average Bonchev–Trinajstić information content (AvgIpc) is 2.42. The van der Waals surface area contributed by atoms with Gasteiger partial charge in [0, 0.05) is 7.05 Å². The van der Waals surface area contributed by atoms with Gasteiger partial charge in [-0.3, -0.25) is 5.01 Å². The van der Waals surface area contributed by atoms with E-state index in [4.69, 9.17) is 0 Å². The molecule has 0 bridgehead atoms. The smallest absolute Gasteiger partial charge is 0.0590 e. The Morgan fingerprint density at radius 3 is 2.67 bits per heavy atom. The highest BCUT2D eigenvalue weighted by Crippen LogP contribution is 2.11. The first-order valence-corrected chi connectivity index (χ1v) is 6.10. The van der Waals surface area contributed by atoms with E-state index in [0.29, 0.717) is 0 Å². The molecule has 1 aromatic rings. The number of para-hydroxylation sites is 1. The number of anilines is 1. The molecule has 0 aliphatic carbocycles. The van der Waals surface area contributed by atoms with Crippen LogP contribution in [-0.2, 0) is 0 Å². The van der Waals surface area contributed by atoms with Crippen LogP contribution in [0.2, 0.25) is 0 Å². The number of benzene rings is 1. The SMILES string of the molecule is C=C/C=C(C=NN(C)c1ccccc1)\C=C/CC. The van der Waals surface area contributed by atoms with Crippen molar-refractivity contribution in [3.8, 4) is 0 Å². The van der Waals surface area contributed by atoms with Crippen LogP contribution < -0.4 is 5.01 Å². The molecule has 0 amide bonds. The van der Waals surface area contributed by atoms with Crippen LogP contribution in [0.5, 0.6) is 0 Å². The second-order valence-electron chi connectivity index (χ2n) is 3.82. The molecule has 0 spiro atoms. The van der Waals surface area contributed by atoms with Gasteiger partial charge in [0.15, 0.2) is 0 Å². The first kappa shape index (κ1) is 14.0. The van der Waals surface area contributed by atoms with Crippen molar-refractivity contribution in [2.45, 2.75) is 13.3 Å². The minimum Gasteiger partial charge on any atom is -0.269 e. The van der Waals surface area contributed by atoms with Crippen molar-refractivity contribution >= 4 is 11.9 Å². The van der Waals surface area contributed by atoms with Gasteiger partial charge in [-0.25, -0.2) is 0 Å². The van der Waals surface area contributed by atoms with Crippen molar-refractivity contribution in [1.29, 1.82) is 0 Å². The summed E-state index contributed by atoms with van der Waals surface area (Å²) in [6, 6.07) is 10.0. The Morgan fingerprint density at radius 1 is 1.33 bits per heavy atom. The zero-order chi connectivity index (χ0) is 13.2. The van der Waals surface area contributed by atoms with Crippen LogP contribution in [0.4, 0.5) is 5.69 Å². The Morgan fingerprint density at radius 2 is 2.06 bits per heavy atom. The van der Waals surface area contributed by atoms with E-state index >= 15 is 0 Å². The Bertz CT molecular complexity index is 441. The van der Waals surface area contributed by atoms with Crippen LogP contribution in [-0.4, -0.2) is 13.3 Å². The molecule has 0 aliphatic heterocycles.